The van der Waals surface area contributed by atoms with Crippen molar-refractivity contribution in [3.05, 3.63) is 107 Å². The smallest absolute Gasteiger partial charge is 0.242 e. The number of carbonyl (C=O) groups is 1. The first-order valence-electron chi connectivity index (χ1n) is 14.2. The van der Waals surface area contributed by atoms with Gasteiger partial charge in [0, 0.05) is 31.5 Å². The molecular weight excluding hydrogens is 526 g/mol. The van der Waals surface area contributed by atoms with Crippen LogP contribution in [0.1, 0.15) is 49.7 Å². The van der Waals surface area contributed by atoms with Gasteiger partial charge in [0.1, 0.15) is 24.0 Å². The zero-order valence-corrected chi connectivity index (χ0v) is 23.3. The molecule has 42 heavy (non-hydrogen) atoms. The number of hydrogen-bond acceptors (Lipinski definition) is 6. The summed E-state index contributed by atoms with van der Waals surface area (Å²) in [5, 5.41) is 9.78. The second-order valence-electron chi connectivity index (χ2n) is 10.5. The SMILES string of the molecule is [C-]#[N+]c1ccc(CNC(=O)[C@@H](CC2CCCCC2)Nc2cc(-n3ccnc3)nc(NCc3cccc([N+]#[C-])c3)n2)cc1. The zero-order chi connectivity index (χ0) is 29.1. The predicted octanol–water partition coefficient (Wildman–Crippen LogP) is 6.44. The zero-order valence-electron chi connectivity index (χ0n) is 23.3. The van der Waals surface area contributed by atoms with Crippen molar-refractivity contribution in [1.29, 1.82) is 0 Å². The van der Waals surface area contributed by atoms with E-state index in [4.69, 9.17) is 18.1 Å². The van der Waals surface area contributed by atoms with Crippen molar-refractivity contribution in [2.45, 2.75) is 57.7 Å². The van der Waals surface area contributed by atoms with Gasteiger partial charge >= 0.3 is 0 Å². The predicted molar refractivity (Wildman–Crippen MR) is 162 cm³/mol. The third-order valence-corrected chi connectivity index (χ3v) is 7.44. The molecule has 1 amide bonds. The van der Waals surface area contributed by atoms with Crippen LogP contribution in [0.25, 0.3) is 15.5 Å². The van der Waals surface area contributed by atoms with E-state index in [9.17, 15) is 4.79 Å². The van der Waals surface area contributed by atoms with Crippen LogP contribution in [0.2, 0.25) is 0 Å². The Labute approximate surface area is 245 Å². The first-order chi connectivity index (χ1) is 20.6. The maximum atomic E-state index is 13.6. The van der Waals surface area contributed by atoms with E-state index in [1.54, 1.807) is 41.5 Å². The Morgan fingerprint density at radius 3 is 2.50 bits per heavy atom. The van der Waals surface area contributed by atoms with Crippen molar-refractivity contribution < 1.29 is 4.79 Å². The van der Waals surface area contributed by atoms with Gasteiger partial charge in [-0.3, -0.25) is 9.36 Å². The molecule has 0 bridgehead atoms. The van der Waals surface area contributed by atoms with E-state index in [0.717, 1.165) is 24.0 Å². The summed E-state index contributed by atoms with van der Waals surface area (Å²) in [6.45, 7) is 15.2. The summed E-state index contributed by atoms with van der Waals surface area (Å²) in [6, 6.07) is 16.0. The van der Waals surface area contributed by atoms with Gasteiger partial charge in [0.2, 0.25) is 11.9 Å². The fourth-order valence-electron chi connectivity index (χ4n) is 5.20. The molecule has 10 heteroatoms. The Kier molecular flexibility index (Phi) is 9.38. The molecular formula is C32H33N9O. The number of carbonyl (C=O) groups excluding carboxylic acids is 1. The lowest BCUT2D eigenvalue weighted by Crippen LogP contribution is -2.41. The number of hydrogen-bond donors (Lipinski definition) is 3. The third kappa shape index (κ3) is 7.70. The Morgan fingerprint density at radius 2 is 1.76 bits per heavy atom. The van der Waals surface area contributed by atoms with Crippen LogP contribution in [0.4, 0.5) is 23.1 Å². The lowest BCUT2D eigenvalue weighted by atomic mass is 9.84. The first-order valence-corrected chi connectivity index (χ1v) is 14.2. The number of benzene rings is 2. The largest absolute Gasteiger partial charge is 0.358 e. The maximum absolute atomic E-state index is 13.6. The molecule has 3 N–H and O–H groups in total. The van der Waals surface area contributed by atoms with Gasteiger partial charge in [-0.25, -0.2) is 14.7 Å². The monoisotopic (exact) mass is 559 g/mol. The lowest BCUT2D eigenvalue weighted by Gasteiger charge is -2.27. The summed E-state index contributed by atoms with van der Waals surface area (Å²) in [4.78, 5) is 34.1. The molecule has 0 saturated heterocycles. The summed E-state index contributed by atoms with van der Waals surface area (Å²) in [7, 11) is 0. The fourth-order valence-corrected chi connectivity index (χ4v) is 5.20. The molecule has 1 fully saturated rings. The Hall–Kier alpha value is -5.22. The normalized spacial score (nSPS) is 13.9. The molecule has 1 aliphatic carbocycles. The average Bonchev–Trinajstić information content (AvgIpc) is 3.59. The summed E-state index contributed by atoms with van der Waals surface area (Å²) in [5.74, 6) is 1.90. The molecule has 1 saturated carbocycles. The summed E-state index contributed by atoms with van der Waals surface area (Å²) >= 11 is 0. The molecule has 212 valence electrons. The average molecular weight is 560 g/mol. The molecule has 1 aliphatic rings. The van der Waals surface area contributed by atoms with Gasteiger partial charge in [-0.2, -0.15) is 9.97 Å². The summed E-state index contributed by atoms with van der Waals surface area (Å²) in [5.41, 5.74) is 3.02. The van der Waals surface area contributed by atoms with Gasteiger partial charge in [0.05, 0.1) is 13.1 Å². The Bertz CT molecular complexity index is 1560. The summed E-state index contributed by atoms with van der Waals surface area (Å²) < 4.78 is 1.79. The number of amides is 1. The quantitative estimate of drug-likeness (QED) is 0.183. The minimum Gasteiger partial charge on any atom is -0.358 e. The molecule has 2 heterocycles. The summed E-state index contributed by atoms with van der Waals surface area (Å²) in [6.07, 6.45) is 11.7. The molecule has 1 atom stereocenters. The molecule has 0 spiro atoms. The Morgan fingerprint density at radius 1 is 0.952 bits per heavy atom. The fraction of sp³-hybridized carbons (Fsp3) is 0.312. The van der Waals surface area contributed by atoms with E-state index < -0.39 is 6.04 Å². The molecule has 5 rings (SSSR count). The minimum atomic E-state index is -0.482. The number of nitrogens with one attached hydrogen (secondary N) is 3. The highest BCUT2D eigenvalue weighted by atomic mass is 16.2. The highest BCUT2D eigenvalue weighted by molar-refractivity contribution is 5.84. The van der Waals surface area contributed by atoms with Crippen LogP contribution in [0.15, 0.2) is 73.3 Å². The third-order valence-electron chi connectivity index (χ3n) is 7.44. The highest BCUT2D eigenvalue weighted by Gasteiger charge is 2.25. The number of imidazole rings is 1. The van der Waals surface area contributed by atoms with Crippen LogP contribution in [0.3, 0.4) is 0 Å². The lowest BCUT2D eigenvalue weighted by molar-refractivity contribution is -0.122. The molecule has 0 aliphatic heterocycles. The van der Waals surface area contributed by atoms with Crippen molar-refractivity contribution in [2.24, 2.45) is 5.92 Å². The molecule has 2 aromatic carbocycles. The van der Waals surface area contributed by atoms with E-state index in [0.29, 0.717) is 54.4 Å². The topological polar surface area (TPSA) is 105 Å². The van der Waals surface area contributed by atoms with Crippen molar-refractivity contribution >= 4 is 29.0 Å². The van der Waals surface area contributed by atoms with Crippen molar-refractivity contribution in [3.63, 3.8) is 0 Å². The standard InChI is InChI=1S/C32H33N9O/c1-33-26-13-11-24(12-14-26)20-36-31(42)28(18-23-7-4-3-5-8-23)38-29-19-30(41-16-15-35-22-41)40-32(39-29)37-21-25-9-6-10-27(17-25)34-2/h6,9-17,19,22-23,28H,3-5,7-8,18,20-21H2,(H,36,42)(H2,37,38,39,40)/t28-/m1/s1. The molecule has 10 nitrogen and oxygen atoms in total. The number of aromatic nitrogens is 4. The van der Waals surface area contributed by atoms with Crippen molar-refractivity contribution in [2.75, 3.05) is 10.6 Å². The second-order valence-corrected chi connectivity index (χ2v) is 10.5. The molecule has 0 radical (unpaired) electrons. The van der Waals surface area contributed by atoms with Gasteiger partial charge in [-0.15, -0.1) is 0 Å². The van der Waals surface area contributed by atoms with Crippen molar-refractivity contribution in [1.82, 2.24) is 24.8 Å². The van der Waals surface area contributed by atoms with Crippen molar-refractivity contribution in [3.8, 4) is 5.82 Å². The van der Waals surface area contributed by atoms with E-state index in [2.05, 4.69) is 35.6 Å². The second kappa shape index (κ2) is 13.9. The van der Waals surface area contributed by atoms with E-state index in [1.165, 1.54) is 19.3 Å². The first kappa shape index (κ1) is 28.3. The molecule has 0 unspecified atom stereocenters. The van der Waals surface area contributed by atoms with Crippen LogP contribution in [0.5, 0.6) is 0 Å². The van der Waals surface area contributed by atoms with Gasteiger partial charge in [-0.05, 0) is 23.5 Å². The Balaban J connectivity index is 1.36. The van der Waals surface area contributed by atoms with Crippen LogP contribution < -0.4 is 16.0 Å². The van der Waals surface area contributed by atoms with Crippen LogP contribution in [-0.2, 0) is 17.9 Å². The van der Waals surface area contributed by atoms with Crippen LogP contribution >= 0.6 is 0 Å². The molecule has 4 aromatic rings. The van der Waals surface area contributed by atoms with Gasteiger partial charge < -0.3 is 16.0 Å². The number of rotatable bonds is 11. The van der Waals surface area contributed by atoms with Gasteiger partial charge in [0.25, 0.3) is 0 Å². The van der Waals surface area contributed by atoms with Gasteiger partial charge in [-0.1, -0.05) is 80.6 Å². The van der Waals surface area contributed by atoms with Gasteiger partial charge in [0.15, 0.2) is 11.4 Å². The van der Waals surface area contributed by atoms with Crippen LogP contribution in [0, 0.1) is 19.1 Å². The molecule has 2 aromatic heterocycles. The number of nitrogens with zero attached hydrogens (tertiary/aromatic N) is 6. The number of anilines is 2. The van der Waals surface area contributed by atoms with E-state index >= 15 is 0 Å². The van der Waals surface area contributed by atoms with Crippen LogP contribution in [-0.4, -0.2) is 31.5 Å². The van der Waals surface area contributed by atoms with E-state index in [-0.39, 0.29) is 5.91 Å². The van der Waals surface area contributed by atoms with E-state index in [1.807, 2.05) is 36.4 Å². The highest BCUT2D eigenvalue weighted by Crippen LogP contribution is 2.29. The maximum Gasteiger partial charge on any atom is 0.242 e. The minimum absolute atomic E-state index is 0.0944.